The standard InChI is InChI=1S/C15H27N5O2/c1-6-16-13(12-9-17-18-19(12)5)11-7-8-20(10-11)14(21)22-15(2,3)4/h9,11,13,16H,6-8,10H2,1-5H3. The second-order valence-corrected chi connectivity index (χ2v) is 6.79. The Morgan fingerprint density at radius 2 is 2.27 bits per heavy atom. The van der Waals surface area contributed by atoms with Crippen LogP contribution in [0.25, 0.3) is 0 Å². The van der Waals surface area contributed by atoms with E-state index in [1.165, 1.54) is 0 Å². The van der Waals surface area contributed by atoms with E-state index in [9.17, 15) is 4.79 Å². The lowest BCUT2D eigenvalue weighted by atomic mass is 9.96. The second kappa shape index (κ2) is 6.64. The van der Waals surface area contributed by atoms with Gasteiger partial charge in [0.25, 0.3) is 0 Å². The lowest BCUT2D eigenvalue weighted by Crippen LogP contribution is -2.37. The van der Waals surface area contributed by atoms with E-state index >= 15 is 0 Å². The van der Waals surface area contributed by atoms with Crippen molar-refractivity contribution in [1.29, 1.82) is 0 Å². The first-order valence-corrected chi connectivity index (χ1v) is 7.87. The van der Waals surface area contributed by atoms with Gasteiger partial charge in [0.2, 0.25) is 0 Å². The summed E-state index contributed by atoms with van der Waals surface area (Å²) in [5.41, 5.74) is 0.597. The van der Waals surface area contributed by atoms with Gasteiger partial charge in [-0.05, 0) is 39.7 Å². The maximum Gasteiger partial charge on any atom is 0.410 e. The van der Waals surface area contributed by atoms with Gasteiger partial charge in [0, 0.05) is 20.1 Å². The Labute approximate surface area is 132 Å². The van der Waals surface area contributed by atoms with Gasteiger partial charge >= 0.3 is 6.09 Å². The third-order valence-electron chi connectivity index (χ3n) is 3.84. The van der Waals surface area contributed by atoms with Crippen LogP contribution < -0.4 is 5.32 Å². The Bertz CT molecular complexity index is 508. The van der Waals surface area contributed by atoms with E-state index in [0.717, 1.165) is 25.2 Å². The molecule has 22 heavy (non-hydrogen) atoms. The van der Waals surface area contributed by atoms with Crippen molar-refractivity contribution in [3.8, 4) is 0 Å². The van der Waals surface area contributed by atoms with E-state index in [1.54, 1.807) is 15.8 Å². The Morgan fingerprint density at radius 3 is 2.82 bits per heavy atom. The number of hydrogen-bond donors (Lipinski definition) is 1. The highest BCUT2D eigenvalue weighted by molar-refractivity contribution is 5.68. The summed E-state index contributed by atoms with van der Waals surface area (Å²) in [6.07, 6.45) is 2.51. The zero-order chi connectivity index (χ0) is 16.3. The number of carbonyl (C=O) groups excluding carboxylic acids is 1. The van der Waals surface area contributed by atoms with Crippen molar-refractivity contribution in [2.45, 2.75) is 45.8 Å². The highest BCUT2D eigenvalue weighted by Crippen LogP contribution is 2.30. The lowest BCUT2D eigenvalue weighted by Gasteiger charge is -2.26. The molecule has 2 unspecified atom stereocenters. The van der Waals surface area contributed by atoms with Gasteiger partial charge in [0.1, 0.15) is 5.60 Å². The normalized spacial score (nSPS) is 20.2. The van der Waals surface area contributed by atoms with Crippen LogP contribution >= 0.6 is 0 Å². The SMILES string of the molecule is CCNC(c1cnnn1C)C1CCN(C(=O)OC(C)(C)C)C1. The maximum absolute atomic E-state index is 12.2. The Hall–Kier alpha value is -1.63. The molecule has 1 N–H and O–H groups in total. The van der Waals surface area contributed by atoms with E-state index in [-0.39, 0.29) is 12.1 Å². The van der Waals surface area contributed by atoms with Crippen molar-refractivity contribution >= 4 is 6.09 Å². The number of hydrogen-bond acceptors (Lipinski definition) is 5. The summed E-state index contributed by atoms with van der Waals surface area (Å²) in [4.78, 5) is 14.0. The molecule has 0 aromatic carbocycles. The predicted molar refractivity (Wildman–Crippen MR) is 83.3 cm³/mol. The van der Waals surface area contributed by atoms with Crippen molar-refractivity contribution in [2.75, 3.05) is 19.6 Å². The number of likely N-dealkylation sites (tertiary alicyclic amines) is 1. The van der Waals surface area contributed by atoms with Gasteiger partial charge < -0.3 is 15.0 Å². The maximum atomic E-state index is 12.2. The topological polar surface area (TPSA) is 72.3 Å². The minimum atomic E-state index is -0.456. The van der Waals surface area contributed by atoms with E-state index in [1.807, 2.05) is 27.8 Å². The molecular formula is C15H27N5O2. The number of nitrogens with zero attached hydrogens (tertiary/aromatic N) is 4. The first-order chi connectivity index (χ1) is 10.3. The number of ether oxygens (including phenoxy) is 1. The van der Waals surface area contributed by atoms with Crippen LogP contribution in [0.2, 0.25) is 0 Å². The van der Waals surface area contributed by atoms with Gasteiger partial charge in [0.15, 0.2) is 0 Å². The highest BCUT2D eigenvalue weighted by atomic mass is 16.6. The van der Waals surface area contributed by atoms with Crippen LogP contribution in [0, 0.1) is 5.92 Å². The number of aromatic nitrogens is 3. The quantitative estimate of drug-likeness (QED) is 0.917. The Kier molecular flexibility index (Phi) is 5.05. The molecule has 0 saturated carbocycles. The van der Waals surface area contributed by atoms with Gasteiger partial charge in [-0.15, -0.1) is 5.10 Å². The molecule has 0 bridgehead atoms. The van der Waals surface area contributed by atoms with E-state index < -0.39 is 5.60 Å². The van der Waals surface area contributed by atoms with Crippen LogP contribution in [0.1, 0.15) is 45.9 Å². The fraction of sp³-hybridized carbons (Fsp3) is 0.800. The van der Waals surface area contributed by atoms with Crippen molar-refractivity contribution in [2.24, 2.45) is 13.0 Å². The molecule has 1 aliphatic heterocycles. The van der Waals surface area contributed by atoms with Gasteiger partial charge in [0.05, 0.1) is 17.9 Å². The van der Waals surface area contributed by atoms with Crippen molar-refractivity contribution < 1.29 is 9.53 Å². The molecule has 2 atom stereocenters. The minimum Gasteiger partial charge on any atom is -0.444 e. The molecule has 1 saturated heterocycles. The molecule has 1 aromatic rings. The summed E-state index contributed by atoms with van der Waals surface area (Å²) in [5.74, 6) is 0.338. The van der Waals surface area contributed by atoms with Crippen molar-refractivity contribution in [3.05, 3.63) is 11.9 Å². The first kappa shape index (κ1) is 16.7. The highest BCUT2D eigenvalue weighted by Gasteiger charge is 2.35. The van der Waals surface area contributed by atoms with E-state index in [4.69, 9.17) is 4.74 Å². The summed E-state index contributed by atoms with van der Waals surface area (Å²) in [6, 6.07) is 0.150. The smallest absolute Gasteiger partial charge is 0.410 e. The number of nitrogens with one attached hydrogen (secondary N) is 1. The molecule has 0 radical (unpaired) electrons. The fourth-order valence-electron chi connectivity index (χ4n) is 2.86. The summed E-state index contributed by atoms with van der Waals surface area (Å²) in [6.45, 7) is 10.0. The van der Waals surface area contributed by atoms with Crippen LogP contribution in [-0.4, -0.2) is 51.2 Å². The minimum absolute atomic E-state index is 0.150. The Morgan fingerprint density at radius 1 is 1.55 bits per heavy atom. The lowest BCUT2D eigenvalue weighted by molar-refractivity contribution is 0.0285. The van der Waals surface area contributed by atoms with Crippen LogP contribution in [0.5, 0.6) is 0 Å². The molecule has 2 rings (SSSR count). The zero-order valence-corrected chi connectivity index (χ0v) is 14.2. The molecule has 2 heterocycles. The van der Waals surface area contributed by atoms with Crippen molar-refractivity contribution in [3.63, 3.8) is 0 Å². The second-order valence-electron chi connectivity index (χ2n) is 6.79. The third-order valence-corrected chi connectivity index (χ3v) is 3.84. The van der Waals surface area contributed by atoms with Gasteiger partial charge in [-0.1, -0.05) is 12.1 Å². The van der Waals surface area contributed by atoms with Gasteiger partial charge in [-0.3, -0.25) is 4.68 Å². The summed E-state index contributed by atoms with van der Waals surface area (Å²) in [5, 5.41) is 11.5. The molecule has 7 heteroatoms. The number of amides is 1. The first-order valence-electron chi connectivity index (χ1n) is 7.87. The average Bonchev–Trinajstić information content (AvgIpc) is 3.03. The zero-order valence-electron chi connectivity index (χ0n) is 14.2. The summed E-state index contributed by atoms with van der Waals surface area (Å²) >= 11 is 0. The molecule has 0 aliphatic carbocycles. The molecule has 1 amide bonds. The average molecular weight is 309 g/mol. The molecular weight excluding hydrogens is 282 g/mol. The van der Waals surface area contributed by atoms with Crippen molar-refractivity contribution in [1.82, 2.24) is 25.2 Å². The molecule has 1 aromatic heterocycles. The van der Waals surface area contributed by atoms with Crippen LogP contribution in [0.15, 0.2) is 6.20 Å². The summed E-state index contributed by atoms with van der Waals surface area (Å²) < 4.78 is 7.26. The van der Waals surface area contributed by atoms with Gasteiger partial charge in [-0.2, -0.15) is 0 Å². The summed E-state index contributed by atoms with van der Waals surface area (Å²) in [7, 11) is 1.90. The third kappa shape index (κ3) is 3.97. The van der Waals surface area contributed by atoms with Crippen LogP contribution in [-0.2, 0) is 11.8 Å². The largest absolute Gasteiger partial charge is 0.444 e. The molecule has 0 spiro atoms. The number of rotatable bonds is 4. The Balaban J connectivity index is 2.04. The van der Waals surface area contributed by atoms with E-state index in [2.05, 4.69) is 22.6 Å². The molecule has 7 nitrogen and oxygen atoms in total. The van der Waals surface area contributed by atoms with Crippen LogP contribution in [0.3, 0.4) is 0 Å². The molecule has 124 valence electrons. The number of aryl methyl sites for hydroxylation is 1. The molecule has 1 aliphatic rings. The molecule has 1 fully saturated rings. The fourth-order valence-corrected chi connectivity index (χ4v) is 2.86. The van der Waals surface area contributed by atoms with Gasteiger partial charge in [-0.25, -0.2) is 4.79 Å². The van der Waals surface area contributed by atoms with E-state index in [0.29, 0.717) is 12.5 Å². The number of carbonyl (C=O) groups is 1. The van der Waals surface area contributed by atoms with Crippen LogP contribution in [0.4, 0.5) is 4.79 Å². The predicted octanol–water partition coefficient (Wildman–Crippen LogP) is 1.72. The monoisotopic (exact) mass is 309 g/mol.